The zero-order valence-corrected chi connectivity index (χ0v) is 6.86. The zero-order valence-electron chi connectivity index (χ0n) is 6.86. The summed E-state index contributed by atoms with van der Waals surface area (Å²) >= 11 is 0. The SMILES string of the molecule is CC(CC(N)C(F)(F)F)NCN. The van der Waals surface area contributed by atoms with Gasteiger partial charge in [0.2, 0.25) is 0 Å². The highest BCUT2D eigenvalue weighted by atomic mass is 19.4. The van der Waals surface area contributed by atoms with Crippen LogP contribution in [0.15, 0.2) is 0 Å². The van der Waals surface area contributed by atoms with Crippen molar-refractivity contribution >= 4 is 0 Å². The summed E-state index contributed by atoms with van der Waals surface area (Å²) in [7, 11) is 0. The fourth-order valence-electron chi connectivity index (χ4n) is 0.799. The number of hydrogen-bond acceptors (Lipinski definition) is 3. The van der Waals surface area contributed by atoms with Crippen molar-refractivity contribution in [2.75, 3.05) is 6.67 Å². The third kappa shape index (κ3) is 4.53. The van der Waals surface area contributed by atoms with E-state index in [1.807, 2.05) is 0 Å². The summed E-state index contributed by atoms with van der Waals surface area (Å²) in [6.07, 6.45) is -4.47. The molecule has 74 valence electrons. The summed E-state index contributed by atoms with van der Waals surface area (Å²) in [5.74, 6) is 0. The Hall–Kier alpha value is -0.330. The van der Waals surface area contributed by atoms with Gasteiger partial charge in [0.1, 0.15) is 6.04 Å². The molecular weight excluding hydrogens is 171 g/mol. The number of nitrogens with one attached hydrogen (secondary N) is 1. The van der Waals surface area contributed by atoms with Crippen molar-refractivity contribution in [2.24, 2.45) is 11.5 Å². The molecule has 0 saturated heterocycles. The Morgan fingerprint density at radius 3 is 2.25 bits per heavy atom. The first-order chi connectivity index (χ1) is 5.38. The Kier molecular flexibility index (Phi) is 4.51. The summed E-state index contributed by atoms with van der Waals surface area (Å²) in [6, 6.07) is -2.09. The number of alkyl halides is 3. The molecule has 0 fully saturated rings. The molecule has 0 heterocycles. The van der Waals surface area contributed by atoms with E-state index in [0.717, 1.165) is 0 Å². The van der Waals surface area contributed by atoms with E-state index in [9.17, 15) is 13.2 Å². The van der Waals surface area contributed by atoms with E-state index in [4.69, 9.17) is 11.5 Å². The lowest BCUT2D eigenvalue weighted by molar-refractivity contribution is -0.149. The largest absolute Gasteiger partial charge is 0.403 e. The van der Waals surface area contributed by atoms with Gasteiger partial charge in [0, 0.05) is 12.7 Å². The van der Waals surface area contributed by atoms with E-state index in [0.29, 0.717) is 0 Å². The average molecular weight is 185 g/mol. The Balaban J connectivity index is 3.76. The molecule has 0 spiro atoms. The summed E-state index contributed by atoms with van der Waals surface area (Å²) < 4.78 is 35.6. The van der Waals surface area contributed by atoms with Crippen LogP contribution in [-0.2, 0) is 0 Å². The molecule has 0 aromatic heterocycles. The molecule has 0 bridgehead atoms. The van der Waals surface area contributed by atoms with E-state index < -0.39 is 12.2 Å². The smallest absolute Gasteiger partial charge is 0.320 e. The van der Waals surface area contributed by atoms with Gasteiger partial charge < -0.3 is 16.8 Å². The summed E-state index contributed by atoms with van der Waals surface area (Å²) in [6.45, 7) is 1.77. The monoisotopic (exact) mass is 185 g/mol. The fraction of sp³-hybridized carbons (Fsp3) is 1.00. The standard InChI is InChI=1S/C6H14F3N3/c1-4(12-3-10)2-5(11)6(7,8)9/h4-5,12H,2-3,10-11H2,1H3. The summed E-state index contributed by atoms with van der Waals surface area (Å²) in [4.78, 5) is 0. The highest BCUT2D eigenvalue weighted by Crippen LogP contribution is 2.21. The summed E-state index contributed by atoms with van der Waals surface area (Å²) in [5, 5.41) is 2.65. The van der Waals surface area contributed by atoms with Crippen LogP contribution in [0.5, 0.6) is 0 Å². The van der Waals surface area contributed by atoms with E-state index in [1.165, 1.54) is 0 Å². The normalized spacial score (nSPS) is 17.5. The Morgan fingerprint density at radius 2 is 1.92 bits per heavy atom. The van der Waals surface area contributed by atoms with Gasteiger partial charge in [0.25, 0.3) is 0 Å². The molecule has 3 nitrogen and oxygen atoms in total. The van der Waals surface area contributed by atoms with Gasteiger partial charge in [-0.15, -0.1) is 0 Å². The van der Waals surface area contributed by atoms with Crippen LogP contribution in [0.1, 0.15) is 13.3 Å². The van der Waals surface area contributed by atoms with Gasteiger partial charge in [0.15, 0.2) is 0 Å². The summed E-state index contributed by atoms with van der Waals surface area (Å²) in [5.41, 5.74) is 9.96. The van der Waals surface area contributed by atoms with Gasteiger partial charge in [-0.25, -0.2) is 0 Å². The molecule has 0 aromatic carbocycles. The molecule has 0 saturated carbocycles. The van der Waals surface area contributed by atoms with Gasteiger partial charge >= 0.3 is 6.18 Å². The minimum Gasteiger partial charge on any atom is -0.320 e. The molecule has 6 heteroatoms. The van der Waals surface area contributed by atoms with Gasteiger partial charge in [0.05, 0.1) is 0 Å². The predicted molar refractivity (Wildman–Crippen MR) is 40.3 cm³/mol. The number of rotatable bonds is 4. The van der Waals surface area contributed by atoms with Crippen molar-refractivity contribution in [1.29, 1.82) is 0 Å². The van der Waals surface area contributed by atoms with E-state index in [1.54, 1.807) is 6.92 Å². The first kappa shape index (κ1) is 11.7. The first-order valence-corrected chi connectivity index (χ1v) is 3.63. The first-order valence-electron chi connectivity index (χ1n) is 3.63. The highest BCUT2D eigenvalue weighted by Gasteiger charge is 2.37. The highest BCUT2D eigenvalue weighted by molar-refractivity contribution is 4.75. The third-order valence-corrected chi connectivity index (χ3v) is 1.49. The molecule has 0 aliphatic heterocycles. The Morgan fingerprint density at radius 1 is 1.42 bits per heavy atom. The van der Waals surface area contributed by atoms with Crippen molar-refractivity contribution in [3.8, 4) is 0 Å². The molecule has 0 aromatic rings. The van der Waals surface area contributed by atoms with E-state index in [2.05, 4.69) is 5.32 Å². The van der Waals surface area contributed by atoms with Crippen molar-refractivity contribution in [3.63, 3.8) is 0 Å². The van der Waals surface area contributed by atoms with Crippen LogP contribution in [-0.4, -0.2) is 24.9 Å². The maximum atomic E-state index is 11.9. The van der Waals surface area contributed by atoms with Gasteiger partial charge in [-0.3, -0.25) is 0 Å². The second-order valence-electron chi connectivity index (χ2n) is 2.69. The lowest BCUT2D eigenvalue weighted by atomic mass is 10.1. The topological polar surface area (TPSA) is 64.1 Å². The predicted octanol–water partition coefficient (Wildman–Crippen LogP) is 0.160. The second-order valence-corrected chi connectivity index (χ2v) is 2.69. The van der Waals surface area contributed by atoms with Crippen LogP contribution in [0.3, 0.4) is 0 Å². The van der Waals surface area contributed by atoms with Crippen LogP contribution in [0.25, 0.3) is 0 Å². The second kappa shape index (κ2) is 4.64. The number of nitrogens with two attached hydrogens (primary N) is 2. The molecule has 2 unspecified atom stereocenters. The molecule has 0 aliphatic carbocycles. The quantitative estimate of drug-likeness (QED) is 0.547. The van der Waals surface area contributed by atoms with Crippen LogP contribution in [0.2, 0.25) is 0 Å². The molecule has 0 rings (SSSR count). The third-order valence-electron chi connectivity index (χ3n) is 1.49. The van der Waals surface area contributed by atoms with Crippen LogP contribution in [0, 0.1) is 0 Å². The molecule has 0 aliphatic rings. The van der Waals surface area contributed by atoms with Gasteiger partial charge in [-0.2, -0.15) is 13.2 Å². The van der Waals surface area contributed by atoms with Gasteiger partial charge in [-0.05, 0) is 13.3 Å². The maximum Gasteiger partial charge on any atom is 0.403 e. The van der Waals surface area contributed by atoms with Crippen molar-refractivity contribution in [1.82, 2.24) is 5.32 Å². The van der Waals surface area contributed by atoms with Crippen molar-refractivity contribution in [2.45, 2.75) is 31.6 Å². The van der Waals surface area contributed by atoms with Crippen molar-refractivity contribution < 1.29 is 13.2 Å². The minimum absolute atomic E-state index is 0.152. The molecule has 0 amide bonds. The van der Waals surface area contributed by atoms with E-state index in [-0.39, 0.29) is 19.1 Å². The minimum atomic E-state index is -4.31. The fourth-order valence-corrected chi connectivity index (χ4v) is 0.799. The van der Waals surface area contributed by atoms with Crippen LogP contribution >= 0.6 is 0 Å². The average Bonchev–Trinajstić information content (AvgIpc) is 1.85. The Bertz CT molecular complexity index is 126. The van der Waals surface area contributed by atoms with Crippen LogP contribution in [0.4, 0.5) is 13.2 Å². The Labute approximate surface area is 69.3 Å². The maximum absolute atomic E-state index is 11.9. The van der Waals surface area contributed by atoms with Gasteiger partial charge in [-0.1, -0.05) is 0 Å². The number of hydrogen-bond donors (Lipinski definition) is 3. The number of halogens is 3. The molecular formula is C6H14F3N3. The lowest BCUT2D eigenvalue weighted by Crippen LogP contribution is -2.43. The molecule has 2 atom stereocenters. The zero-order chi connectivity index (χ0) is 9.78. The lowest BCUT2D eigenvalue weighted by Gasteiger charge is -2.19. The molecule has 0 radical (unpaired) electrons. The van der Waals surface area contributed by atoms with E-state index >= 15 is 0 Å². The molecule has 5 N–H and O–H groups in total. The molecule has 12 heavy (non-hydrogen) atoms. The van der Waals surface area contributed by atoms with Crippen LogP contribution < -0.4 is 16.8 Å². The van der Waals surface area contributed by atoms with Crippen molar-refractivity contribution in [3.05, 3.63) is 0 Å².